The van der Waals surface area contributed by atoms with Crippen molar-refractivity contribution in [1.29, 1.82) is 0 Å². The van der Waals surface area contributed by atoms with E-state index in [1.165, 1.54) is 102 Å². The van der Waals surface area contributed by atoms with Gasteiger partial charge in [0.15, 0.2) is 5.25 Å². The summed E-state index contributed by atoms with van der Waals surface area (Å²) < 4.78 is 35.6. The predicted molar refractivity (Wildman–Crippen MR) is 113 cm³/mol. The van der Waals surface area contributed by atoms with Gasteiger partial charge in [0.2, 0.25) is 0 Å². The average Bonchev–Trinajstić information content (AvgIpc) is 2.63. The number of hydrogen-bond acceptors (Lipinski definition) is 5. The molecule has 10 heteroatoms. The van der Waals surface area contributed by atoms with E-state index in [2.05, 4.69) is 6.92 Å². The first kappa shape index (κ1) is 31.0. The van der Waals surface area contributed by atoms with E-state index in [0.717, 1.165) is 13.2 Å². The van der Waals surface area contributed by atoms with Crippen molar-refractivity contribution in [1.82, 2.24) is 0 Å². The van der Waals surface area contributed by atoms with Gasteiger partial charge in [0, 0.05) is 0 Å². The number of hydrogen-bond donors (Lipinski definition) is 3. The summed E-state index contributed by atoms with van der Waals surface area (Å²) in [5.74, 6) is -3.50. The maximum absolute atomic E-state index is 10.2. The van der Waals surface area contributed by atoms with Gasteiger partial charge in [-0.05, 0) is 0 Å². The van der Waals surface area contributed by atoms with Crippen LogP contribution in [0.1, 0.15) is 84.0 Å². The molecule has 0 spiro atoms. The van der Waals surface area contributed by atoms with Gasteiger partial charge in [-0.25, -0.2) is 0 Å². The van der Waals surface area contributed by atoms with Gasteiger partial charge in [0.05, 0.1) is 6.42 Å². The number of carboxylic acid groups (broad SMARTS) is 2. The Labute approximate surface area is 193 Å². The molecule has 0 aliphatic carbocycles. The van der Waals surface area contributed by atoms with Crippen molar-refractivity contribution in [2.24, 2.45) is 0 Å². The van der Waals surface area contributed by atoms with E-state index in [9.17, 15) is 18.0 Å². The van der Waals surface area contributed by atoms with Crippen molar-refractivity contribution in [2.45, 2.75) is 92.9 Å². The topological polar surface area (TPSA) is 138 Å². The zero-order valence-corrected chi connectivity index (χ0v) is 20.8. The molecule has 0 aromatic carbocycles. The first-order valence-electron chi connectivity index (χ1n) is 10.6. The van der Waals surface area contributed by atoms with Crippen molar-refractivity contribution in [3.8, 4) is 0 Å². The van der Waals surface area contributed by atoms with Crippen LogP contribution in [-0.4, -0.2) is 81.5 Å². The molecule has 0 fully saturated rings. The molecule has 0 heterocycles. The minimum atomic E-state index is -4.84. The zero-order valence-electron chi connectivity index (χ0n) is 18.0. The van der Waals surface area contributed by atoms with Crippen LogP contribution >= 0.6 is 0 Å². The van der Waals surface area contributed by atoms with Crippen molar-refractivity contribution < 1.29 is 37.5 Å². The Hall–Kier alpha value is -0.190. The second kappa shape index (κ2) is 21.1. The molecule has 29 heavy (non-hydrogen) atoms. The van der Waals surface area contributed by atoms with E-state index in [1.54, 1.807) is 0 Å². The Morgan fingerprint density at radius 3 is 1.66 bits per heavy atom. The van der Waals surface area contributed by atoms with Crippen molar-refractivity contribution in [3.63, 3.8) is 0 Å². The molecule has 8 nitrogen and oxygen atoms in total. The molecular formula is C19H37NaO8S. The van der Waals surface area contributed by atoms with Crippen LogP contribution in [0.5, 0.6) is 0 Å². The molecule has 1 atom stereocenters. The number of carboxylic acids is 2. The fraction of sp³-hybridized carbons (Fsp3) is 0.895. The largest absolute Gasteiger partial charge is 0.481 e. The summed E-state index contributed by atoms with van der Waals surface area (Å²) in [4.78, 5) is 20.0. The summed E-state index contributed by atoms with van der Waals surface area (Å²) in [6.07, 6.45) is 14.2. The predicted octanol–water partition coefficient (Wildman–Crippen LogP) is 3.70. The van der Waals surface area contributed by atoms with Crippen molar-refractivity contribution in [2.75, 3.05) is 13.2 Å². The number of rotatable bonds is 18. The molecule has 0 saturated heterocycles. The normalized spacial score (nSPS) is 12.1. The molecule has 0 radical (unpaired) electrons. The molecule has 0 aliphatic heterocycles. The van der Waals surface area contributed by atoms with Crippen molar-refractivity contribution >= 4 is 50.0 Å². The Morgan fingerprint density at radius 1 is 0.862 bits per heavy atom. The van der Waals surface area contributed by atoms with Crippen LogP contribution in [0.4, 0.5) is 0 Å². The number of ether oxygens (including phenoxy) is 1. The fourth-order valence-corrected chi connectivity index (χ4v) is 3.42. The third-order valence-corrected chi connectivity index (χ3v) is 6.07. The molecule has 0 saturated carbocycles. The Bertz CT molecular complexity index is 496. The van der Waals surface area contributed by atoms with Gasteiger partial charge in [-0.2, -0.15) is 8.42 Å². The Balaban J connectivity index is 0. The number of carbonyl (C=O) groups is 2. The Morgan fingerprint density at radius 2 is 1.31 bits per heavy atom. The monoisotopic (exact) mass is 448 g/mol. The quantitative estimate of drug-likeness (QED) is 0.164. The van der Waals surface area contributed by atoms with E-state index in [-0.39, 0.29) is 0 Å². The van der Waals surface area contributed by atoms with E-state index in [1.807, 2.05) is 0 Å². The van der Waals surface area contributed by atoms with E-state index >= 15 is 0 Å². The first-order valence-corrected chi connectivity index (χ1v) is 13.6. The second-order valence-corrected chi connectivity index (χ2v) is 9.69. The first-order chi connectivity index (χ1) is 13.7. The van der Waals surface area contributed by atoms with Crippen LogP contribution in [0.25, 0.3) is 0 Å². The molecule has 0 amide bonds. The third-order valence-electron chi connectivity index (χ3n) is 4.28. The van der Waals surface area contributed by atoms with Crippen LogP contribution in [-0.2, 0) is 24.4 Å². The minimum Gasteiger partial charge on any atom is -0.481 e. The summed E-state index contributed by atoms with van der Waals surface area (Å²) in [6, 6.07) is 0. The van der Waals surface area contributed by atoms with Gasteiger partial charge in [-0.15, -0.1) is 0 Å². The molecule has 0 bridgehead atoms. The van der Waals surface area contributed by atoms with Crippen LogP contribution in [0, 0.1) is 0 Å². The maximum Gasteiger partial charge on any atom is 0.325 e. The zero-order chi connectivity index (χ0) is 22.5. The van der Waals surface area contributed by atoms with Crippen LogP contribution in [0.2, 0.25) is 3.67 Å². The van der Waals surface area contributed by atoms with Gasteiger partial charge in [0.25, 0.3) is 10.1 Å². The summed E-state index contributed by atoms with van der Waals surface area (Å²) >= 11 is 1.33. The molecule has 1 unspecified atom stereocenters. The van der Waals surface area contributed by atoms with Gasteiger partial charge >= 0.3 is 113 Å². The maximum atomic E-state index is 10.2. The van der Waals surface area contributed by atoms with Gasteiger partial charge in [0.1, 0.15) is 0 Å². The molecular weight excluding hydrogens is 411 g/mol. The van der Waals surface area contributed by atoms with Crippen molar-refractivity contribution in [3.05, 3.63) is 0 Å². The van der Waals surface area contributed by atoms with E-state index in [4.69, 9.17) is 19.5 Å². The second-order valence-electron chi connectivity index (χ2n) is 7.09. The summed E-state index contributed by atoms with van der Waals surface area (Å²) in [6.45, 7) is 4.28. The summed E-state index contributed by atoms with van der Waals surface area (Å²) in [7, 11) is -4.84. The van der Waals surface area contributed by atoms with Crippen LogP contribution in [0.15, 0.2) is 0 Å². The standard InChI is InChI=1S/C15H31O.C4H6O7S.Na/c1-3-5-6-7-8-9-10-11-12-13-15-16-14-4-2;5-3(6)1-2(4(7)8)12(9,10)11;/h2-15H2,1H3;2H,1H2,(H,5,6)(H,7,8)(H,9,10,11);. The Kier molecular flexibility index (Phi) is 22.5. The van der Waals surface area contributed by atoms with Crippen LogP contribution < -0.4 is 0 Å². The smallest absolute Gasteiger partial charge is 0.325 e. The van der Waals surface area contributed by atoms with E-state index in [0.29, 0.717) is 0 Å². The number of unbranched alkanes of at least 4 members (excludes halogenated alkanes) is 9. The van der Waals surface area contributed by atoms with Gasteiger partial charge < -0.3 is 10.2 Å². The molecule has 0 aliphatic rings. The molecule has 0 aromatic rings. The minimum absolute atomic E-state index is 0.998. The summed E-state index contributed by atoms with van der Waals surface area (Å²) in [5, 5.41) is 13.9. The van der Waals surface area contributed by atoms with Gasteiger partial charge in [-0.1, -0.05) is 26.2 Å². The SMILES string of the molecule is CCCCCCCCCCCCOCC[CH2][Na].O=C(O)CC(C(=O)O)S(=O)(=O)O. The fourth-order valence-electron chi connectivity index (χ4n) is 2.52. The molecule has 0 rings (SSSR count). The molecule has 0 aromatic heterocycles. The molecule has 3 N–H and O–H groups in total. The number of aliphatic carboxylic acids is 2. The van der Waals surface area contributed by atoms with Crippen LogP contribution in [0.3, 0.4) is 0 Å². The van der Waals surface area contributed by atoms with E-state index < -0.39 is 33.7 Å². The average molecular weight is 449 g/mol. The third kappa shape index (κ3) is 24.0. The molecule has 168 valence electrons. The summed E-state index contributed by atoms with van der Waals surface area (Å²) in [5.41, 5.74) is 0. The van der Waals surface area contributed by atoms with Gasteiger partial charge in [-0.3, -0.25) is 14.1 Å².